The van der Waals surface area contributed by atoms with E-state index in [1.165, 1.54) is 23.1 Å². The van der Waals surface area contributed by atoms with Gasteiger partial charge in [0.05, 0.1) is 29.3 Å². The van der Waals surface area contributed by atoms with Crippen LogP contribution in [0.4, 0.5) is 10.3 Å². The summed E-state index contributed by atoms with van der Waals surface area (Å²) in [6.45, 7) is 2.49. The molecule has 0 spiro atoms. The van der Waals surface area contributed by atoms with Crippen LogP contribution in [0.15, 0.2) is 78.4 Å². The molecule has 2 heterocycles. The fraction of sp³-hybridized carbons (Fsp3) is 0.148. The quantitative estimate of drug-likeness (QED) is 0.231. The molecule has 1 aromatic heterocycles. The molecule has 1 fully saturated rings. The Labute approximate surface area is 200 Å². The van der Waals surface area contributed by atoms with Gasteiger partial charge in [0.25, 0.3) is 5.78 Å². The van der Waals surface area contributed by atoms with Gasteiger partial charge in [0.1, 0.15) is 17.3 Å². The maximum atomic E-state index is 13.7. The lowest BCUT2D eigenvalue weighted by molar-refractivity contribution is -0.132. The third kappa shape index (κ3) is 4.03. The number of imidazole rings is 1. The summed E-state index contributed by atoms with van der Waals surface area (Å²) in [5, 5.41) is 11.3. The van der Waals surface area contributed by atoms with Gasteiger partial charge in [0.2, 0.25) is 5.95 Å². The van der Waals surface area contributed by atoms with E-state index in [0.717, 1.165) is 6.42 Å². The highest BCUT2D eigenvalue weighted by Gasteiger charge is 2.48. The maximum absolute atomic E-state index is 13.7. The molecule has 0 saturated carbocycles. The zero-order valence-electron chi connectivity index (χ0n) is 18.9. The minimum absolute atomic E-state index is 0.0690. The number of anilines is 1. The van der Waals surface area contributed by atoms with Crippen LogP contribution in [0.25, 0.3) is 16.8 Å². The Kier molecular flexibility index (Phi) is 5.78. The second kappa shape index (κ2) is 9.06. The number of carbonyl (C=O) groups excluding carboxylic acids is 2. The lowest BCUT2D eigenvalue weighted by Gasteiger charge is -2.23. The summed E-state index contributed by atoms with van der Waals surface area (Å²) in [6.07, 6.45) is 0.816. The number of rotatable bonds is 6. The molecule has 1 aliphatic heterocycles. The van der Waals surface area contributed by atoms with E-state index in [0.29, 0.717) is 34.5 Å². The van der Waals surface area contributed by atoms with E-state index in [1.807, 2.05) is 13.0 Å². The van der Waals surface area contributed by atoms with Crippen molar-refractivity contribution in [1.82, 2.24) is 9.97 Å². The van der Waals surface area contributed by atoms with Crippen molar-refractivity contribution < 1.29 is 23.8 Å². The molecule has 1 saturated heterocycles. The lowest BCUT2D eigenvalue weighted by Crippen LogP contribution is -2.30. The van der Waals surface area contributed by atoms with Crippen molar-refractivity contribution >= 4 is 34.4 Å². The van der Waals surface area contributed by atoms with Crippen LogP contribution in [-0.4, -0.2) is 33.4 Å². The molecule has 1 amide bonds. The number of aliphatic hydroxyl groups is 1. The number of aromatic amines is 1. The van der Waals surface area contributed by atoms with E-state index in [9.17, 15) is 19.1 Å². The minimum atomic E-state index is -0.943. The molecule has 5 rings (SSSR count). The molecule has 7 nitrogen and oxygen atoms in total. The number of benzene rings is 3. The number of hydrogen-bond donors (Lipinski definition) is 2. The highest BCUT2D eigenvalue weighted by molar-refractivity contribution is 6.51. The maximum Gasteiger partial charge on any atom is 0.302 e. The molecule has 1 aliphatic rings. The van der Waals surface area contributed by atoms with Gasteiger partial charge in [-0.2, -0.15) is 0 Å². The zero-order valence-corrected chi connectivity index (χ0v) is 18.9. The summed E-state index contributed by atoms with van der Waals surface area (Å²) in [5.74, 6) is -1.84. The molecular formula is C27H22FN3O4. The molecular weight excluding hydrogens is 449 g/mol. The van der Waals surface area contributed by atoms with E-state index in [2.05, 4.69) is 9.97 Å². The highest BCUT2D eigenvalue weighted by Crippen LogP contribution is 2.41. The van der Waals surface area contributed by atoms with Crippen LogP contribution in [0.3, 0.4) is 0 Å². The monoisotopic (exact) mass is 471 g/mol. The first kappa shape index (κ1) is 22.3. The number of hydrogen-bond acceptors (Lipinski definition) is 5. The van der Waals surface area contributed by atoms with Crippen LogP contribution in [0, 0.1) is 5.82 Å². The number of fused-ring (bicyclic) bond motifs is 1. The summed E-state index contributed by atoms with van der Waals surface area (Å²) < 4.78 is 19.4. The van der Waals surface area contributed by atoms with Gasteiger partial charge in [-0.15, -0.1) is 0 Å². The third-order valence-electron chi connectivity index (χ3n) is 5.80. The molecule has 8 heteroatoms. The normalized spacial score (nSPS) is 17.3. The van der Waals surface area contributed by atoms with Crippen molar-refractivity contribution in [2.45, 2.75) is 19.4 Å². The standard InChI is InChI=1S/C27H22FN3O4/c1-2-13-35-19-10-6-9-17(14-19)24(32)22-23(16-7-4-3-5-8-16)31(26(34)25(22)33)27-29-20-12-11-18(28)15-21(20)30-27/h3-12,14-15,23,32H,2,13H2,1H3,(H,29,30)/b24-22+. The summed E-state index contributed by atoms with van der Waals surface area (Å²) in [7, 11) is 0. The van der Waals surface area contributed by atoms with Crippen LogP contribution < -0.4 is 9.64 Å². The van der Waals surface area contributed by atoms with Crippen molar-refractivity contribution in [3.63, 3.8) is 0 Å². The van der Waals surface area contributed by atoms with Crippen molar-refractivity contribution in [2.75, 3.05) is 11.5 Å². The second-order valence-electron chi connectivity index (χ2n) is 8.18. The van der Waals surface area contributed by atoms with E-state index < -0.39 is 23.5 Å². The van der Waals surface area contributed by atoms with Crippen molar-refractivity contribution in [2.24, 2.45) is 0 Å². The average molecular weight is 471 g/mol. The average Bonchev–Trinajstić information content (AvgIpc) is 3.40. The number of aromatic nitrogens is 2. The Morgan fingerprint density at radius 1 is 1.09 bits per heavy atom. The van der Waals surface area contributed by atoms with Gasteiger partial charge in [0, 0.05) is 5.56 Å². The molecule has 2 N–H and O–H groups in total. The Hall–Kier alpha value is -4.46. The highest BCUT2D eigenvalue weighted by atomic mass is 19.1. The number of ether oxygens (including phenoxy) is 1. The predicted octanol–water partition coefficient (Wildman–Crippen LogP) is 5.12. The first-order valence-corrected chi connectivity index (χ1v) is 11.2. The minimum Gasteiger partial charge on any atom is -0.507 e. The Balaban J connectivity index is 1.67. The second-order valence-corrected chi connectivity index (χ2v) is 8.18. The fourth-order valence-electron chi connectivity index (χ4n) is 4.19. The van der Waals surface area contributed by atoms with Gasteiger partial charge in [-0.05, 0) is 42.3 Å². The van der Waals surface area contributed by atoms with Gasteiger partial charge < -0.3 is 14.8 Å². The predicted molar refractivity (Wildman–Crippen MR) is 130 cm³/mol. The Bertz CT molecular complexity index is 1460. The molecule has 176 valence electrons. The molecule has 0 aliphatic carbocycles. The molecule has 0 radical (unpaired) electrons. The number of Topliss-reactive ketones (excluding diaryl/α,β-unsaturated/α-hetero) is 1. The Morgan fingerprint density at radius 3 is 2.66 bits per heavy atom. The molecule has 0 bridgehead atoms. The largest absolute Gasteiger partial charge is 0.507 e. The first-order valence-electron chi connectivity index (χ1n) is 11.2. The van der Waals surface area contributed by atoms with E-state index >= 15 is 0 Å². The summed E-state index contributed by atoms with van der Waals surface area (Å²) in [5.41, 5.74) is 1.72. The SMILES string of the molecule is CCCOc1cccc(/C(O)=C2\C(=O)C(=O)N(c3nc4ccc(F)cc4[nH]3)C2c2ccccc2)c1. The summed E-state index contributed by atoms with van der Waals surface area (Å²) in [4.78, 5) is 35.1. The number of aliphatic hydroxyl groups excluding tert-OH is 1. The van der Waals surface area contributed by atoms with Gasteiger partial charge in [-0.1, -0.05) is 49.4 Å². The van der Waals surface area contributed by atoms with Gasteiger partial charge in [0.15, 0.2) is 0 Å². The smallest absolute Gasteiger partial charge is 0.302 e. The van der Waals surface area contributed by atoms with E-state index in [-0.39, 0.29) is 17.3 Å². The molecule has 1 atom stereocenters. The van der Waals surface area contributed by atoms with Crippen molar-refractivity contribution in [1.29, 1.82) is 0 Å². The van der Waals surface area contributed by atoms with Crippen molar-refractivity contribution in [3.8, 4) is 5.75 Å². The van der Waals surface area contributed by atoms with Crippen LogP contribution in [-0.2, 0) is 9.59 Å². The molecule has 3 aromatic carbocycles. The first-order chi connectivity index (χ1) is 17.0. The number of nitrogens with zero attached hydrogens (tertiary/aromatic N) is 2. The van der Waals surface area contributed by atoms with Crippen LogP contribution in [0.1, 0.15) is 30.5 Å². The number of H-pyrrole nitrogens is 1. The number of carbonyl (C=O) groups is 2. The van der Waals surface area contributed by atoms with Crippen LogP contribution in [0.2, 0.25) is 0 Å². The molecule has 4 aromatic rings. The number of nitrogens with one attached hydrogen (secondary N) is 1. The third-order valence-corrected chi connectivity index (χ3v) is 5.80. The topological polar surface area (TPSA) is 95.5 Å². The van der Waals surface area contributed by atoms with Gasteiger partial charge in [-0.25, -0.2) is 9.37 Å². The lowest BCUT2D eigenvalue weighted by atomic mass is 9.95. The number of amides is 1. The summed E-state index contributed by atoms with van der Waals surface area (Å²) >= 11 is 0. The zero-order chi connectivity index (χ0) is 24.5. The van der Waals surface area contributed by atoms with Gasteiger partial charge in [-0.3, -0.25) is 14.5 Å². The van der Waals surface area contributed by atoms with Gasteiger partial charge >= 0.3 is 5.91 Å². The van der Waals surface area contributed by atoms with E-state index in [1.54, 1.807) is 48.5 Å². The number of halogens is 1. The fourth-order valence-corrected chi connectivity index (χ4v) is 4.19. The molecule has 1 unspecified atom stereocenters. The van der Waals surface area contributed by atoms with E-state index in [4.69, 9.17) is 4.74 Å². The van der Waals surface area contributed by atoms with Crippen LogP contribution in [0.5, 0.6) is 5.75 Å². The Morgan fingerprint density at radius 2 is 1.89 bits per heavy atom. The number of ketones is 1. The van der Waals surface area contributed by atoms with Crippen LogP contribution >= 0.6 is 0 Å². The summed E-state index contributed by atoms with van der Waals surface area (Å²) in [6, 6.07) is 18.7. The molecule has 35 heavy (non-hydrogen) atoms. The van der Waals surface area contributed by atoms with Crippen molar-refractivity contribution in [3.05, 3.63) is 95.3 Å².